The van der Waals surface area contributed by atoms with Crippen LogP contribution in [0.4, 0.5) is 0 Å². The first-order valence-electron chi connectivity index (χ1n) is 9.81. The summed E-state index contributed by atoms with van der Waals surface area (Å²) in [6.07, 6.45) is 5.03. The zero-order valence-electron chi connectivity index (χ0n) is 16.4. The van der Waals surface area contributed by atoms with Gasteiger partial charge < -0.3 is 9.47 Å². The summed E-state index contributed by atoms with van der Waals surface area (Å²) < 4.78 is 10.9. The van der Waals surface area contributed by atoms with Crippen LogP contribution in [-0.2, 0) is 6.42 Å². The summed E-state index contributed by atoms with van der Waals surface area (Å²) in [5.41, 5.74) is 4.92. The van der Waals surface area contributed by atoms with Gasteiger partial charge in [-0.05, 0) is 89.8 Å². The van der Waals surface area contributed by atoms with Gasteiger partial charge in [0.05, 0.1) is 14.2 Å². The Hall–Kier alpha value is -1.96. The Morgan fingerprint density at radius 1 is 0.885 bits per heavy atom. The van der Waals surface area contributed by atoms with Crippen LogP contribution in [0.15, 0.2) is 42.5 Å². The van der Waals surface area contributed by atoms with E-state index < -0.39 is 0 Å². The first-order valence-corrected chi connectivity index (χ1v) is 9.81. The zero-order chi connectivity index (χ0) is 18.3. The van der Waals surface area contributed by atoms with Crippen LogP contribution in [0.3, 0.4) is 0 Å². The molecular formula is C24H30O2. The molecule has 138 valence electrons. The average Bonchev–Trinajstić information content (AvgIpc) is 2.66. The summed E-state index contributed by atoms with van der Waals surface area (Å²) in [5.74, 6) is 3.88. The second-order valence-electron chi connectivity index (χ2n) is 8.83. The van der Waals surface area contributed by atoms with Crippen LogP contribution in [0.2, 0.25) is 0 Å². The largest absolute Gasteiger partial charge is 0.497 e. The van der Waals surface area contributed by atoms with Crippen LogP contribution in [-0.4, -0.2) is 14.2 Å². The molecule has 0 N–H and O–H groups in total. The molecule has 0 aliphatic heterocycles. The maximum absolute atomic E-state index is 5.54. The maximum atomic E-state index is 5.54. The van der Waals surface area contributed by atoms with Crippen molar-refractivity contribution < 1.29 is 9.47 Å². The van der Waals surface area contributed by atoms with Gasteiger partial charge in [-0.25, -0.2) is 0 Å². The van der Waals surface area contributed by atoms with Crippen molar-refractivity contribution in [3.05, 3.63) is 59.2 Å². The van der Waals surface area contributed by atoms with E-state index in [2.05, 4.69) is 56.3 Å². The summed E-state index contributed by atoms with van der Waals surface area (Å²) in [6.45, 7) is 4.86. The second kappa shape index (κ2) is 6.64. The van der Waals surface area contributed by atoms with Crippen molar-refractivity contribution in [3.8, 4) is 11.5 Å². The lowest BCUT2D eigenvalue weighted by molar-refractivity contribution is 0.134. The number of rotatable bonds is 3. The molecule has 0 heterocycles. The van der Waals surface area contributed by atoms with Gasteiger partial charge in [0.1, 0.15) is 11.5 Å². The third-order valence-corrected chi connectivity index (χ3v) is 6.70. The monoisotopic (exact) mass is 350 g/mol. The molecule has 0 spiro atoms. The Bertz CT molecular complexity index is 775. The fraction of sp³-hybridized carbons (Fsp3) is 0.500. The van der Waals surface area contributed by atoms with Crippen molar-refractivity contribution in [3.63, 3.8) is 0 Å². The standard InChI is InChI=1S/C24H30O2/c1-24(2)12-11-20-21(16-5-8-18(25-3)9-6-16)13-17-7-10-19(26-4)14-22(17)23(20)15-24/h5-10,14,20-21,23H,11-13,15H2,1-4H3. The van der Waals surface area contributed by atoms with Gasteiger partial charge >= 0.3 is 0 Å². The molecule has 0 amide bonds. The highest BCUT2D eigenvalue weighted by Crippen LogP contribution is 2.56. The van der Waals surface area contributed by atoms with Crippen molar-refractivity contribution in [2.45, 2.75) is 51.4 Å². The van der Waals surface area contributed by atoms with Crippen LogP contribution >= 0.6 is 0 Å². The smallest absolute Gasteiger partial charge is 0.119 e. The van der Waals surface area contributed by atoms with E-state index in [1.165, 1.54) is 36.0 Å². The topological polar surface area (TPSA) is 18.5 Å². The Morgan fingerprint density at radius 3 is 2.27 bits per heavy atom. The molecule has 26 heavy (non-hydrogen) atoms. The molecule has 0 radical (unpaired) electrons. The van der Waals surface area contributed by atoms with Crippen LogP contribution in [0, 0.1) is 11.3 Å². The van der Waals surface area contributed by atoms with E-state index in [4.69, 9.17) is 9.47 Å². The molecule has 2 aromatic rings. The van der Waals surface area contributed by atoms with E-state index >= 15 is 0 Å². The Kier molecular flexibility index (Phi) is 4.46. The lowest BCUT2D eigenvalue weighted by atomic mass is 9.57. The quantitative estimate of drug-likeness (QED) is 0.680. The van der Waals surface area contributed by atoms with Crippen molar-refractivity contribution in [2.24, 2.45) is 11.3 Å². The fourth-order valence-electron chi connectivity index (χ4n) is 5.27. The zero-order valence-corrected chi connectivity index (χ0v) is 16.4. The molecule has 2 aliphatic carbocycles. The summed E-state index contributed by atoms with van der Waals surface area (Å²) in [7, 11) is 3.51. The minimum atomic E-state index is 0.420. The first kappa shape index (κ1) is 17.5. The Morgan fingerprint density at radius 2 is 1.58 bits per heavy atom. The normalized spacial score (nSPS) is 26.5. The number of fused-ring (bicyclic) bond motifs is 3. The van der Waals surface area contributed by atoms with Crippen molar-refractivity contribution in [1.82, 2.24) is 0 Å². The van der Waals surface area contributed by atoms with Gasteiger partial charge in [-0.3, -0.25) is 0 Å². The third kappa shape index (κ3) is 3.11. The van der Waals surface area contributed by atoms with Crippen molar-refractivity contribution in [1.29, 1.82) is 0 Å². The first-order chi connectivity index (χ1) is 12.5. The van der Waals surface area contributed by atoms with Crippen LogP contribution in [0.25, 0.3) is 0 Å². The summed E-state index contributed by atoms with van der Waals surface area (Å²) >= 11 is 0. The van der Waals surface area contributed by atoms with Gasteiger partial charge in [-0.15, -0.1) is 0 Å². The number of ether oxygens (including phenoxy) is 2. The number of methoxy groups -OCH3 is 2. The molecule has 2 aliphatic rings. The molecule has 2 nitrogen and oxygen atoms in total. The maximum Gasteiger partial charge on any atom is 0.119 e. The lowest BCUT2D eigenvalue weighted by Crippen LogP contribution is -2.36. The van der Waals surface area contributed by atoms with Crippen molar-refractivity contribution >= 4 is 0 Å². The molecular weight excluding hydrogens is 320 g/mol. The molecule has 2 heteroatoms. The van der Waals surface area contributed by atoms with Gasteiger partial charge in [0.25, 0.3) is 0 Å². The number of hydrogen-bond donors (Lipinski definition) is 0. The van der Waals surface area contributed by atoms with Crippen LogP contribution in [0.5, 0.6) is 11.5 Å². The highest BCUT2D eigenvalue weighted by atomic mass is 16.5. The SMILES string of the molecule is COc1ccc(C2Cc3ccc(OC)cc3C3CC(C)(C)CCC23)cc1. The van der Waals surface area contributed by atoms with E-state index in [0.29, 0.717) is 17.3 Å². The van der Waals surface area contributed by atoms with Gasteiger partial charge in [0.2, 0.25) is 0 Å². The molecule has 3 atom stereocenters. The Balaban J connectivity index is 1.75. The van der Waals surface area contributed by atoms with E-state index in [0.717, 1.165) is 23.8 Å². The minimum Gasteiger partial charge on any atom is -0.497 e. The van der Waals surface area contributed by atoms with Crippen LogP contribution in [0.1, 0.15) is 61.6 Å². The lowest BCUT2D eigenvalue weighted by Gasteiger charge is -2.48. The van der Waals surface area contributed by atoms with E-state index in [1.807, 2.05) is 0 Å². The fourth-order valence-corrected chi connectivity index (χ4v) is 5.27. The molecule has 4 rings (SSSR count). The second-order valence-corrected chi connectivity index (χ2v) is 8.83. The van der Waals surface area contributed by atoms with Gasteiger partial charge in [-0.1, -0.05) is 32.0 Å². The molecule has 1 fully saturated rings. The van der Waals surface area contributed by atoms with E-state index in [-0.39, 0.29) is 0 Å². The van der Waals surface area contributed by atoms with Crippen LogP contribution < -0.4 is 9.47 Å². The van der Waals surface area contributed by atoms with Gasteiger partial charge in [0.15, 0.2) is 0 Å². The number of benzene rings is 2. The average molecular weight is 351 g/mol. The summed E-state index contributed by atoms with van der Waals surface area (Å²) in [4.78, 5) is 0. The molecule has 0 bridgehead atoms. The highest BCUT2D eigenvalue weighted by molar-refractivity contribution is 5.44. The summed E-state index contributed by atoms with van der Waals surface area (Å²) in [5, 5.41) is 0. The summed E-state index contributed by atoms with van der Waals surface area (Å²) in [6, 6.07) is 15.5. The third-order valence-electron chi connectivity index (χ3n) is 6.70. The van der Waals surface area contributed by atoms with Gasteiger partial charge in [-0.2, -0.15) is 0 Å². The molecule has 2 aromatic carbocycles. The Labute approximate surface area is 157 Å². The van der Waals surface area contributed by atoms with Crippen molar-refractivity contribution in [2.75, 3.05) is 14.2 Å². The molecule has 0 aromatic heterocycles. The molecule has 3 unspecified atom stereocenters. The highest BCUT2D eigenvalue weighted by Gasteiger charge is 2.43. The molecule has 0 saturated heterocycles. The predicted octanol–water partition coefficient (Wildman–Crippen LogP) is 5.95. The van der Waals surface area contributed by atoms with E-state index in [9.17, 15) is 0 Å². The number of hydrogen-bond acceptors (Lipinski definition) is 2. The predicted molar refractivity (Wildman–Crippen MR) is 106 cm³/mol. The van der Waals surface area contributed by atoms with E-state index in [1.54, 1.807) is 14.2 Å². The minimum absolute atomic E-state index is 0.420. The molecule has 1 saturated carbocycles. The van der Waals surface area contributed by atoms with Gasteiger partial charge in [0, 0.05) is 0 Å².